The number of rotatable bonds is 5. The van der Waals surface area contributed by atoms with Crippen molar-refractivity contribution in [3.05, 3.63) is 59.7 Å². The Morgan fingerprint density at radius 3 is 2.56 bits per heavy atom. The van der Waals surface area contributed by atoms with Crippen LogP contribution in [0.5, 0.6) is 5.75 Å². The molecule has 134 valence electrons. The Bertz CT molecular complexity index is 685. The fraction of sp³-hybridized carbons (Fsp3) is 0.333. The molecule has 0 bridgehead atoms. The van der Waals surface area contributed by atoms with E-state index in [0.29, 0.717) is 17.3 Å². The molecule has 3 nitrogen and oxygen atoms in total. The first-order chi connectivity index (χ1) is 12.0. The third-order valence-corrected chi connectivity index (χ3v) is 4.87. The summed E-state index contributed by atoms with van der Waals surface area (Å²) in [6.45, 7) is 2.35. The van der Waals surface area contributed by atoms with Crippen molar-refractivity contribution in [3.8, 4) is 5.75 Å². The zero-order chi connectivity index (χ0) is 17.7. The lowest BCUT2D eigenvalue weighted by molar-refractivity contribution is -0.275. The van der Waals surface area contributed by atoms with Crippen molar-refractivity contribution in [1.29, 1.82) is 0 Å². The number of para-hydroxylation sites is 1. The van der Waals surface area contributed by atoms with Gasteiger partial charge in [0.05, 0.1) is 17.6 Å². The molecule has 0 saturated carbocycles. The number of nitrogens with one attached hydrogen (secondary N) is 1. The Morgan fingerprint density at radius 1 is 1.12 bits per heavy atom. The van der Waals surface area contributed by atoms with Gasteiger partial charge in [0.25, 0.3) is 0 Å². The van der Waals surface area contributed by atoms with Crippen LogP contribution in [0.3, 0.4) is 0 Å². The van der Waals surface area contributed by atoms with Gasteiger partial charge < -0.3 is 14.8 Å². The molecule has 3 rings (SSSR count). The monoisotopic (exact) mass is 369 g/mol. The molecular formula is C18H18F3NO2S. The van der Waals surface area contributed by atoms with Crippen molar-refractivity contribution >= 4 is 11.8 Å². The predicted octanol–water partition coefficient (Wildman–Crippen LogP) is 4.54. The highest BCUT2D eigenvalue weighted by atomic mass is 32.2. The lowest BCUT2D eigenvalue weighted by atomic mass is 10.1. The summed E-state index contributed by atoms with van der Waals surface area (Å²) in [5.41, 5.74) is 2.13. The van der Waals surface area contributed by atoms with Crippen LogP contribution in [0.2, 0.25) is 0 Å². The number of ether oxygens (including phenoxy) is 2. The number of halogens is 3. The van der Waals surface area contributed by atoms with E-state index < -0.39 is 6.36 Å². The molecule has 1 aliphatic heterocycles. The van der Waals surface area contributed by atoms with Gasteiger partial charge in [-0.3, -0.25) is 0 Å². The normalized spacial score (nSPS) is 18.1. The maximum Gasteiger partial charge on any atom is 0.573 e. The van der Waals surface area contributed by atoms with E-state index in [1.165, 1.54) is 23.9 Å². The molecule has 0 amide bonds. The molecule has 0 radical (unpaired) electrons. The molecule has 2 aromatic rings. The van der Waals surface area contributed by atoms with Gasteiger partial charge in [0.2, 0.25) is 0 Å². The molecule has 1 atom stereocenters. The van der Waals surface area contributed by atoms with Crippen molar-refractivity contribution < 1.29 is 22.6 Å². The van der Waals surface area contributed by atoms with Crippen LogP contribution < -0.4 is 10.1 Å². The van der Waals surface area contributed by atoms with Gasteiger partial charge in [-0.05, 0) is 23.3 Å². The maximum absolute atomic E-state index is 12.5. The summed E-state index contributed by atoms with van der Waals surface area (Å²) in [4.78, 5) is 0.462. The summed E-state index contributed by atoms with van der Waals surface area (Å²) < 4.78 is 47.2. The van der Waals surface area contributed by atoms with E-state index in [0.717, 1.165) is 24.2 Å². The predicted molar refractivity (Wildman–Crippen MR) is 90.7 cm³/mol. The zero-order valence-electron chi connectivity index (χ0n) is 13.4. The van der Waals surface area contributed by atoms with E-state index in [1.54, 1.807) is 12.1 Å². The molecule has 1 heterocycles. The molecular weight excluding hydrogens is 351 g/mol. The average molecular weight is 369 g/mol. The molecule has 1 unspecified atom stereocenters. The number of hydrogen-bond donors (Lipinski definition) is 1. The first-order valence-corrected chi connectivity index (χ1v) is 8.88. The Morgan fingerprint density at radius 2 is 1.88 bits per heavy atom. The number of thioether (sulfide) groups is 1. The summed E-state index contributed by atoms with van der Waals surface area (Å²) in [5.74, 6) is 0.390. The summed E-state index contributed by atoms with van der Waals surface area (Å²) in [5, 5.41) is 3.28. The Labute approximate surface area is 148 Å². The quantitative estimate of drug-likeness (QED) is 0.784. The minimum Gasteiger partial charge on any atom is -0.405 e. The van der Waals surface area contributed by atoms with E-state index >= 15 is 0 Å². The molecule has 0 aliphatic carbocycles. The molecule has 1 fully saturated rings. The highest BCUT2D eigenvalue weighted by Crippen LogP contribution is 2.34. The molecule has 1 N–H and O–H groups in total. The van der Waals surface area contributed by atoms with Crippen LogP contribution in [0.15, 0.2) is 53.4 Å². The van der Waals surface area contributed by atoms with Gasteiger partial charge in [0, 0.05) is 18.8 Å². The van der Waals surface area contributed by atoms with Gasteiger partial charge in [0.15, 0.2) is 0 Å². The van der Waals surface area contributed by atoms with E-state index in [-0.39, 0.29) is 11.9 Å². The second kappa shape index (κ2) is 8.12. The van der Waals surface area contributed by atoms with Gasteiger partial charge in [-0.15, -0.1) is 24.9 Å². The van der Waals surface area contributed by atoms with Crippen molar-refractivity contribution in [2.75, 3.05) is 19.7 Å². The van der Waals surface area contributed by atoms with Crippen LogP contribution in [-0.4, -0.2) is 26.1 Å². The highest BCUT2D eigenvalue weighted by Gasteiger charge is 2.32. The standard InChI is InChI=1S/C18H18F3NO2S/c19-18(20,21)24-15-3-1-2-4-17(15)25-12-13-5-7-14(8-6-13)16-11-22-9-10-23-16/h1-8,16,22H,9-12H2. The first-order valence-electron chi connectivity index (χ1n) is 7.90. The Kier molecular flexibility index (Phi) is 5.88. The van der Waals surface area contributed by atoms with Crippen LogP contribution in [0.4, 0.5) is 13.2 Å². The second-order valence-corrected chi connectivity index (χ2v) is 6.61. The van der Waals surface area contributed by atoms with Crippen molar-refractivity contribution in [2.24, 2.45) is 0 Å². The maximum atomic E-state index is 12.5. The Balaban J connectivity index is 1.62. The largest absolute Gasteiger partial charge is 0.573 e. The molecule has 1 aliphatic rings. The van der Waals surface area contributed by atoms with E-state index in [4.69, 9.17) is 4.74 Å². The summed E-state index contributed by atoms with van der Waals surface area (Å²) >= 11 is 1.31. The fourth-order valence-electron chi connectivity index (χ4n) is 2.55. The van der Waals surface area contributed by atoms with E-state index in [9.17, 15) is 13.2 Å². The topological polar surface area (TPSA) is 30.5 Å². The third kappa shape index (κ3) is 5.39. The minimum atomic E-state index is -4.69. The summed E-state index contributed by atoms with van der Waals surface area (Å²) in [7, 11) is 0. The summed E-state index contributed by atoms with van der Waals surface area (Å²) in [6.07, 6.45) is -4.64. The average Bonchev–Trinajstić information content (AvgIpc) is 2.61. The Hall–Kier alpha value is -1.70. The summed E-state index contributed by atoms with van der Waals surface area (Å²) in [6, 6.07) is 14.1. The minimum absolute atomic E-state index is 0.0522. The first kappa shape index (κ1) is 18.1. The van der Waals surface area contributed by atoms with Crippen molar-refractivity contribution in [3.63, 3.8) is 0 Å². The molecule has 2 aromatic carbocycles. The fourth-order valence-corrected chi connectivity index (χ4v) is 3.49. The van der Waals surface area contributed by atoms with Crippen LogP contribution in [0.1, 0.15) is 17.2 Å². The lowest BCUT2D eigenvalue weighted by Crippen LogP contribution is -2.33. The van der Waals surface area contributed by atoms with Gasteiger partial charge in [-0.2, -0.15) is 0 Å². The van der Waals surface area contributed by atoms with Gasteiger partial charge in [0.1, 0.15) is 5.75 Å². The van der Waals surface area contributed by atoms with Crippen LogP contribution in [0.25, 0.3) is 0 Å². The molecule has 0 spiro atoms. The molecule has 0 aromatic heterocycles. The van der Waals surface area contributed by atoms with Crippen LogP contribution in [-0.2, 0) is 10.5 Å². The van der Waals surface area contributed by atoms with E-state index in [1.807, 2.05) is 24.3 Å². The molecule has 1 saturated heterocycles. The molecule has 25 heavy (non-hydrogen) atoms. The third-order valence-electron chi connectivity index (χ3n) is 3.75. The lowest BCUT2D eigenvalue weighted by Gasteiger charge is -2.24. The van der Waals surface area contributed by atoms with Crippen molar-refractivity contribution in [1.82, 2.24) is 5.32 Å². The SMILES string of the molecule is FC(F)(F)Oc1ccccc1SCc1ccc(C2CNCCO2)cc1. The van der Waals surface area contributed by atoms with Crippen molar-refractivity contribution in [2.45, 2.75) is 23.1 Å². The second-order valence-electron chi connectivity index (χ2n) is 5.59. The van der Waals surface area contributed by atoms with Gasteiger partial charge in [-0.1, -0.05) is 36.4 Å². The number of benzene rings is 2. The number of hydrogen-bond acceptors (Lipinski definition) is 4. The molecule has 7 heteroatoms. The van der Waals surface area contributed by atoms with Crippen LogP contribution in [0, 0.1) is 0 Å². The van der Waals surface area contributed by atoms with Gasteiger partial charge >= 0.3 is 6.36 Å². The van der Waals surface area contributed by atoms with E-state index in [2.05, 4.69) is 10.1 Å². The number of morpholine rings is 1. The van der Waals surface area contributed by atoms with Crippen LogP contribution >= 0.6 is 11.8 Å². The smallest absolute Gasteiger partial charge is 0.405 e. The zero-order valence-corrected chi connectivity index (χ0v) is 14.2. The number of alkyl halides is 3. The van der Waals surface area contributed by atoms with Gasteiger partial charge in [-0.25, -0.2) is 0 Å². The highest BCUT2D eigenvalue weighted by molar-refractivity contribution is 7.98.